The molecular formula is C14H19N5O3. The van der Waals surface area contributed by atoms with E-state index in [9.17, 15) is 4.79 Å². The maximum atomic E-state index is 12.2. The van der Waals surface area contributed by atoms with Gasteiger partial charge < -0.3 is 19.9 Å². The SMILES string of the molecule is COCCCNc1cc(C(=O)Nc2cc(C)on2)nc(C)n1. The molecule has 0 aliphatic carbocycles. The van der Waals surface area contributed by atoms with Crippen molar-refractivity contribution in [3.05, 3.63) is 29.4 Å². The van der Waals surface area contributed by atoms with E-state index in [-0.39, 0.29) is 11.6 Å². The van der Waals surface area contributed by atoms with Gasteiger partial charge in [0.25, 0.3) is 5.91 Å². The summed E-state index contributed by atoms with van der Waals surface area (Å²) >= 11 is 0. The van der Waals surface area contributed by atoms with Crippen LogP contribution >= 0.6 is 0 Å². The van der Waals surface area contributed by atoms with Gasteiger partial charge in [0, 0.05) is 32.4 Å². The summed E-state index contributed by atoms with van der Waals surface area (Å²) in [5.41, 5.74) is 0.266. The first-order chi connectivity index (χ1) is 10.6. The molecule has 2 rings (SSSR count). The van der Waals surface area contributed by atoms with Crippen LogP contribution in [0.1, 0.15) is 28.5 Å². The second-order valence-corrected chi connectivity index (χ2v) is 4.74. The van der Waals surface area contributed by atoms with E-state index in [0.717, 1.165) is 6.42 Å². The second kappa shape index (κ2) is 7.51. The zero-order valence-electron chi connectivity index (χ0n) is 12.8. The van der Waals surface area contributed by atoms with Gasteiger partial charge in [-0.3, -0.25) is 4.79 Å². The zero-order valence-corrected chi connectivity index (χ0v) is 12.8. The van der Waals surface area contributed by atoms with Crippen molar-refractivity contribution in [2.75, 3.05) is 30.9 Å². The second-order valence-electron chi connectivity index (χ2n) is 4.74. The predicted octanol–water partition coefficient (Wildman–Crippen LogP) is 1.78. The Balaban J connectivity index is 2.03. The lowest BCUT2D eigenvalue weighted by Crippen LogP contribution is -2.16. The molecule has 8 heteroatoms. The van der Waals surface area contributed by atoms with Gasteiger partial charge in [0.05, 0.1) is 0 Å². The van der Waals surface area contributed by atoms with Gasteiger partial charge in [-0.05, 0) is 20.3 Å². The van der Waals surface area contributed by atoms with E-state index in [2.05, 4.69) is 25.8 Å². The van der Waals surface area contributed by atoms with Gasteiger partial charge in [0.15, 0.2) is 5.82 Å². The molecule has 0 spiro atoms. The third-order valence-corrected chi connectivity index (χ3v) is 2.77. The van der Waals surface area contributed by atoms with Crippen molar-refractivity contribution in [2.45, 2.75) is 20.3 Å². The monoisotopic (exact) mass is 305 g/mol. The summed E-state index contributed by atoms with van der Waals surface area (Å²) in [5, 5.41) is 9.48. The Hall–Kier alpha value is -2.48. The lowest BCUT2D eigenvalue weighted by Gasteiger charge is -2.08. The molecule has 118 valence electrons. The largest absolute Gasteiger partial charge is 0.385 e. The summed E-state index contributed by atoms with van der Waals surface area (Å²) in [7, 11) is 1.66. The molecule has 8 nitrogen and oxygen atoms in total. The van der Waals surface area contributed by atoms with Crippen LogP contribution in [-0.4, -0.2) is 41.3 Å². The van der Waals surface area contributed by atoms with Gasteiger partial charge in [0.1, 0.15) is 23.1 Å². The molecule has 0 atom stereocenters. The van der Waals surface area contributed by atoms with Crippen LogP contribution in [-0.2, 0) is 4.74 Å². The summed E-state index contributed by atoms with van der Waals surface area (Å²) in [6.07, 6.45) is 0.847. The van der Waals surface area contributed by atoms with Crippen molar-refractivity contribution in [1.82, 2.24) is 15.1 Å². The molecule has 0 saturated carbocycles. The van der Waals surface area contributed by atoms with E-state index >= 15 is 0 Å². The van der Waals surface area contributed by atoms with Crippen molar-refractivity contribution in [3.8, 4) is 0 Å². The molecule has 0 aliphatic rings. The van der Waals surface area contributed by atoms with Gasteiger partial charge in [-0.15, -0.1) is 0 Å². The minimum Gasteiger partial charge on any atom is -0.385 e. The predicted molar refractivity (Wildman–Crippen MR) is 80.9 cm³/mol. The number of carbonyl (C=O) groups excluding carboxylic acids is 1. The number of aryl methyl sites for hydroxylation is 2. The third-order valence-electron chi connectivity index (χ3n) is 2.77. The van der Waals surface area contributed by atoms with Crippen molar-refractivity contribution >= 4 is 17.5 Å². The topological polar surface area (TPSA) is 102 Å². The molecule has 0 aliphatic heterocycles. The molecule has 2 heterocycles. The first kappa shape index (κ1) is 15.9. The molecule has 0 bridgehead atoms. The lowest BCUT2D eigenvalue weighted by molar-refractivity contribution is 0.102. The molecule has 2 aromatic heterocycles. The molecule has 0 saturated heterocycles. The van der Waals surface area contributed by atoms with Crippen LogP contribution in [0.5, 0.6) is 0 Å². The van der Waals surface area contributed by atoms with E-state index in [0.29, 0.717) is 36.4 Å². The average Bonchev–Trinajstić information content (AvgIpc) is 2.88. The number of methoxy groups -OCH3 is 1. The number of hydrogen-bond acceptors (Lipinski definition) is 7. The van der Waals surface area contributed by atoms with Gasteiger partial charge in [-0.2, -0.15) is 0 Å². The van der Waals surface area contributed by atoms with Crippen LogP contribution < -0.4 is 10.6 Å². The minimum atomic E-state index is -0.362. The fourth-order valence-electron chi connectivity index (χ4n) is 1.81. The highest BCUT2D eigenvalue weighted by atomic mass is 16.5. The molecule has 0 aromatic carbocycles. The zero-order chi connectivity index (χ0) is 15.9. The molecule has 0 radical (unpaired) electrons. The number of carbonyl (C=O) groups is 1. The Labute approximate surface area is 128 Å². The molecule has 2 N–H and O–H groups in total. The van der Waals surface area contributed by atoms with Crippen LogP contribution in [0, 0.1) is 13.8 Å². The van der Waals surface area contributed by atoms with Crippen molar-refractivity contribution in [2.24, 2.45) is 0 Å². The fourth-order valence-corrected chi connectivity index (χ4v) is 1.81. The van der Waals surface area contributed by atoms with Crippen LogP contribution in [0.15, 0.2) is 16.7 Å². The van der Waals surface area contributed by atoms with E-state index in [1.165, 1.54) is 0 Å². The van der Waals surface area contributed by atoms with Gasteiger partial charge in [-0.1, -0.05) is 5.16 Å². The summed E-state index contributed by atoms with van der Waals surface area (Å²) in [6, 6.07) is 3.23. The van der Waals surface area contributed by atoms with Gasteiger partial charge >= 0.3 is 0 Å². The van der Waals surface area contributed by atoms with E-state index in [4.69, 9.17) is 9.26 Å². The van der Waals surface area contributed by atoms with E-state index < -0.39 is 0 Å². The molecule has 22 heavy (non-hydrogen) atoms. The molecular weight excluding hydrogens is 286 g/mol. The number of ether oxygens (including phenoxy) is 1. The number of amides is 1. The summed E-state index contributed by atoms with van der Waals surface area (Å²) in [5.74, 6) is 1.73. The maximum Gasteiger partial charge on any atom is 0.275 e. The van der Waals surface area contributed by atoms with Gasteiger partial charge in [0.2, 0.25) is 0 Å². The molecule has 2 aromatic rings. The van der Waals surface area contributed by atoms with Crippen LogP contribution in [0.25, 0.3) is 0 Å². The van der Waals surface area contributed by atoms with Crippen LogP contribution in [0.3, 0.4) is 0 Å². The molecule has 1 amide bonds. The molecule has 0 fully saturated rings. The average molecular weight is 305 g/mol. The highest BCUT2D eigenvalue weighted by Gasteiger charge is 2.12. The summed E-state index contributed by atoms with van der Waals surface area (Å²) < 4.78 is 9.88. The summed E-state index contributed by atoms with van der Waals surface area (Å²) in [4.78, 5) is 20.6. The third kappa shape index (κ3) is 4.52. The van der Waals surface area contributed by atoms with Gasteiger partial charge in [-0.25, -0.2) is 9.97 Å². The van der Waals surface area contributed by atoms with E-state index in [1.54, 1.807) is 33.1 Å². The van der Waals surface area contributed by atoms with Crippen LogP contribution in [0.2, 0.25) is 0 Å². The number of anilines is 2. The smallest absolute Gasteiger partial charge is 0.275 e. The lowest BCUT2D eigenvalue weighted by atomic mass is 10.3. The Morgan fingerprint density at radius 1 is 1.27 bits per heavy atom. The van der Waals surface area contributed by atoms with E-state index in [1.807, 2.05) is 0 Å². The maximum absolute atomic E-state index is 12.2. The standard InChI is InChI=1S/C14H19N5O3/c1-9-7-13(19-22-9)18-14(20)11-8-12(17-10(2)16-11)15-5-4-6-21-3/h7-8H,4-6H2,1-3H3,(H,15,16,17)(H,18,19,20). The number of nitrogens with zero attached hydrogens (tertiary/aromatic N) is 3. The number of hydrogen-bond donors (Lipinski definition) is 2. The quantitative estimate of drug-likeness (QED) is 0.752. The Bertz CT molecular complexity index is 641. The van der Waals surface area contributed by atoms with Crippen molar-refractivity contribution < 1.29 is 14.1 Å². The Morgan fingerprint density at radius 3 is 2.77 bits per heavy atom. The molecule has 0 unspecified atom stereocenters. The van der Waals surface area contributed by atoms with Crippen molar-refractivity contribution in [1.29, 1.82) is 0 Å². The van der Waals surface area contributed by atoms with Crippen LogP contribution in [0.4, 0.5) is 11.6 Å². The highest BCUT2D eigenvalue weighted by Crippen LogP contribution is 2.11. The summed E-state index contributed by atoms with van der Waals surface area (Å²) in [6.45, 7) is 4.85. The first-order valence-electron chi connectivity index (χ1n) is 6.91. The fraction of sp³-hybridized carbons (Fsp3) is 0.429. The number of aromatic nitrogens is 3. The minimum absolute atomic E-state index is 0.266. The number of nitrogens with one attached hydrogen (secondary N) is 2. The highest BCUT2D eigenvalue weighted by molar-refractivity contribution is 6.02. The first-order valence-corrected chi connectivity index (χ1v) is 6.91. The Kier molecular flexibility index (Phi) is 5.42. The normalized spacial score (nSPS) is 10.5. The number of rotatable bonds is 7. The Morgan fingerprint density at radius 2 is 2.09 bits per heavy atom. The van der Waals surface area contributed by atoms with Crippen molar-refractivity contribution in [3.63, 3.8) is 0 Å².